The van der Waals surface area contributed by atoms with Crippen molar-refractivity contribution in [2.45, 2.75) is 45.0 Å². The van der Waals surface area contributed by atoms with Gasteiger partial charge in [0.2, 0.25) is 0 Å². The van der Waals surface area contributed by atoms with Gasteiger partial charge in [0, 0.05) is 27.7 Å². The fourth-order valence-corrected chi connectivity index (χ4v) is 3.22. The number of pyridine rings is 1. The number of amides is 3. The lowest BCUT2D eigenvalue weighted by Gasteiger charge is -2.32. The van der Waals surface area contributed by atoms with Crippen molar-refractivity contribution in [2.24, 2.45) is 0 Å². The van der Waals surface area contributed by atoms with Gasteiger partial charge in [-0.1, -0.05) is 5.16 Å². The van der Waals surface area contributed by atoms with Crippen LogP contribution in [0.3, 0.4) is 0 Å². The van der Waals surface area contributed by atoms with Gasteiger partial charge in [0.15, 0.2) is 17.4 Å². The van der Waals surface area contributed by atoms with Gasteiger partial charge in [0.05, 0.1) is 37.5 Å². The molecule has 13 nitrogen and oxygen atoms in total. The lowest BCUT2D eigenvalue weighted by molar-refractivity contribution is -0.213. The summed E-state index contributed by atoms with van der Waals surface area (Å²) in [5, 5.41) is 11.4. The molecule has 3 aromatic heterocycles. The molecule has 0 unspecified atom stereocenters. The van der Waals surface area contributed by atoms with Gasteiger partial charge in [-0.2, -0.15) is 13.2 Å². The highest BCUT2D eigenvalue weighted by Gasteiger charge is 2.39. The molecular formula is C23H31F5N8O5. The van der Waals surface area contributed by atoms with E-state index in [0.717, 1.165) is 11.8 Å². The Morgan fingerprint density at radius 3 is 2.51 bits per heavy atom. The molecule has 1 aliphatic heterocycles. The van der Waals surface area contributed by atoms with Crippen LogP contribution in [0.1, 0.15) is 34.6 Å². The summed E-state index contributed by atoms with van der Waals surface area (Å²) in [6, 6.07) is 2.58. The maximum absolute atomic E-state index is 13.5. The van der Waals surface area contributed by atoms with Crippen LogP contribution >= 0.6 is 0 Å². The fourth-order valence-electron chi connectivity index (χ4n) is 3.22. The van der Waals surface area contributed by atoms with Gasteiger partial charge in [-0.3, -0.25) is 4.79 Å². The molecule has 0 aromatic carbocycles. The number of H-pyrrole nitrogens is 1. The molecule has 228 valence electrons. The van der Waals surface area contributed by atoms with E-state index in [4.69, 9.17) is 4.74 Å². The van der Waals surface area contributed by atoms with Crippen molar-refractivity contribution >= 4 is 23.1 Å². The first-order valence-electron chi connectivity index (χ1n) is 12.1. The average Bonchev–Trinajstić information content (AvgIpc) is 3.51. The van der Waals surface area contributed by atoms with E-state index in [9.17, 15) is 31.5 Å². The van der Waals surface area contributed by atoms with E-state index in [-0.39, 0.29) is 36.8 Å². The van der Waals surface area contributed by atoms with Crippen LogP contribution in [-0.2, 0) is 22.4 Å². The van der Waals surface area contributed by atoms with Crippen molar-refractivity contribution in [1.29, 1.82) is 0 Å². The second-order valence-corrected chi connectivity index (χ2v) is 8.72. The van der Waals surface area contributed by atoms with Crippen molar-refractivity contribution in [3.05, 3.63) is 35.0 Å². The highest BCUT2D eigenvalue weighted by Crippen LogP contribution is 2.23. The molecule has 3 aromatic rings. The predicted octanol–water partition coefficient (Wildman–Crippen LogP) is 2.63. The number of aromatic amines is 1. The number of fused-ring (bicyclic) bond motifs is 1. The van der Waals surface area contributed by atoms with Gasteiger partial charge in [-0.25, -0.2) is 28.2 Å². The quantitative estimate of drug-likeness (QED) is 0.350. The predicted molar refractivity (Wildman–Crippen MR) is 133 cm³/mol. The number of carbonyl (C=O) groups excluding carboxylic acids is 2. The van der Waals surface area contributed by atoms with Crippen LogP contribution in [-0.4, -0.2) is 101 Å². The molecule has 1 saturated heterocycles. The van der Waals surface area contributed by atoms with E-state index in [2.05, 4.69) is 45.3 Å². The van der Waals surface area contributed by atoms with Crippen LogP contribution in [0, 0.1) is 6.92 Å². The molecule has 1 aliphatic rings. The van der Waals surface area contributed by atoms with E-state index in [1.165, 1.54) is 7.05 Å². The number of hydrogen-bond donors (Lipinski definition) is 3. The first-order valence-corrected chi connectivity index (χ1v) is 12.1. The van der Waals surface area contributed by atoms with Crippen molar-refractivity contribution < 1.29 is 45.6 Å². The lowest BCUT2D eigenvalue weighted by Crippen LogP contribution is -2.56. The van der Waals surface area contributed by atoms with Gasteiger partial charge in [-0.05, 0) is 31.1 Å². The largest absolute Gasteiger partial charge is 0.414 e. The first kappa shape index (κ1) is 33.3. The number of imidazole rings is 1. The molecule has 0 bridgehead atoms. The molecule has 0 saturated carbocycles. The molecule has 0 aliphatic carbocycles. The van der Waals surface area contributed by atoms with Crippen molar-refractivity contribution in [1.82, 2.24) is 40.8 Å². The zero-order valence-corrected chi connectivity index (χ0v) is 22.9. The third-order valence-corrected chi connectivity index (χ3v) is 5.28. The molecule has 1 atom stereocenters. The minimum Gasteiger partial charge on any atom is -0.388 e. The molecule has 3 amide bonds. The number of hydrogen-bond acceptors (Lipinski definition) is 9. The third kappa shape index (κ3) is 10.2. The standard InChI is InChI=1S/C16H18F5N5O2.C5H7N3O2.C2H6O/c1-9(16(19,20)21)28-5-4-12-24-11-3-2-10(23-13(11)25-12)6-26-8-15(17,18)7-22-14(26)27;1-3-4(5(9)6-2)8-10-7-3;1-3-2/h2-3,9H,4-8H2,1H3,(H,22,27)(H,23,24,25);1-2H3,(H,6,9);1-2H3/t9-;;/m1../s1. The normalized spacial score (nSPS) is 15.3. The van der Waals surface area contributed by atoms with Crippen molar-refractivity contribution in [2.75, 3.05) is 41.0 Å². The lowest BCUT2D eigenvalue weighted by atomic mass is 10.2. The molecule has 18 heteroatoms. The zero-order chi connectivity index (χ0) is 30.8. The fraction of sp³-hybridized carbons (Fsp3) is 0.565. The number of nitrogens with zero attached hydrogens (tertiary/aromatic N) is 5. The Labute approximate surface area is 231 Å². The molecule has 0 radical (unpaired) electrons. The minimum atomic E-state index is -4.43. The van der Waals surface area contributed by atoms with Gasteiger partial charge < -0.3 is 30.0 Å². The smallest absolute Gasteiger partial charge is 0.388 e. The van der Waals surface area contributed by atoms with E-state index >= 15 is 0 Å². The molecular weight excluding hydrogens is 563 g/mol. The number of nitrogens with one attached hydrogen (secondary N) is 3. The summed E-state index contributed by atoms with van der Waals surface area (Å²) in [4.78, 5) is 34.8. The highest BCUT2D eigenvalue weighted by atomic mass is 19.4. The van der Waals surface area contributed by atoms with Crippen LogP contribution in [0.25, 0.3) is 11.2 Å². The van der Waals surface area contributed by atoms with E-state index < -0.39 is 37.3 Å². The number of urea groups is 1. The topological polar surface area (TPSA) is 160 Å². The third-order valence-electron chi connectivity index (χ3n) is 5.28. The molecule has 3 N–H and O–H groups in total. The average molecular weight is 595 g/mol. The first-order chi connectivity index (χ1) is 19.2. The van der Waals surface area contributed by atoms with Crippen LogP contribution in [0.5, 0.6) is 0 Å². The Morgan fingerprint density at radius 1 is 1.24 bits per heavy atom. The summed E-state index contributed by atoms with van der Waals surface area (Å²) in [6.45, 7) is 0.863. The van der Waals surface area contributed by atoms with Crippen molar-refractivity contribution in [3.8, 4) is 0 Å². The van der Waals surface area contributed by atoms with Crippen LogP contribution < -0.4 is 10.6 Å². The summed E-state index contributed by atoms with van der Waals surface area (Å²) in [7, 11) is 4.77. The summed E-state index contributed by atoms with van der Waals surface area (Å²) in [5.41, 5.74) is 1.92. The zero-order valence-electron chi connectivity index (χ0n) is 22.9. The summed E-state index contributed by atoms with van der Waals surface area (Å²) >= 11 is 0. The van der Waals surface area contributed by atoms with E-state index in [0.29, 0.717) is 22.7 Å². The summed E-state index contributed by atoms with van der Waals surface area (Å²) in [5.74, 6) is -2.92. The van der Waals surface area contributed by atoms with Gasteiger partial charge in [0.25, 0.3) is 11.8 Å². The number of carbonyl (C=O) groups is 2. The van der Waals surface area contributed by atoms with E-state index in [1.54, 1.807) is 33.3 Å². The Hall–Kier alpha value is -3.93. The van der Waals surface area contributed by atoms with Gasteiger partial charge >= 0.3 is 12.2 Å². The number of rotatable bonds is 7. The SMILES string of the molecule is CNC(=O)c1nonc1C.COC.C[C@@H](OCCc1nc2nc(CN3CC(F)(F)CNC3=O)ccc2[nH]1)C(F)(F)F. The summed E-state index contributed by atoms with van der Waals surface area (Å²) < 4.78 is 77.5. The Kier molecular flexibility index (Phi) is 11.9. The maximum Gasteiger partial charge on any atom is 0.414 e. The highest BCUT2D eigenvalue weighted by molar-refractivity contribution is 5.92. The van der Waals surface area contributed by atoms with Gasteiger partial charge in [0.1, 0.15) is 11.5 Å². The molecule has 4 heterocycles. The van der Waals surface area contributed by atoms with E-state index in [1.807, 2.05) is 0 Å². The Morgan fingerprint density at radius 2 is 1.93 bits per heavy atom. The van der Waals surface area contributed by atoms with Crippen LogP contribution in [0.4, 0.5) is 26.7 Å². The number of aromatic nitrogens is 5. The molecule has 1 fully saturated rings. The summed E-state index contributed by atoms with van der Waals surface area (Å²) in [6.07, 6.45) is -6.19. The van der Waals surface area contributed by atoms with Crippen LogP contribution in [0.2, 0.25) is 0 Å². The number of aryl methyl sites for hydroxylation is 1. The van der Waals surface area contributed by atoms with Crippen molar-refractivity contribution in [3.63, 3.8) is 0 Å². The number of halogens is 5. The molecule has 41 heavy (non-hydrogen) atoms. The molecule has 0 spiro atoms. The maximum atomic E-state index is 13.5. The van der Waals surface area contributed by atoms with Gasteiger partial charge in [-0.15, -0.1) is 0 Å². The van der Waals surface area contributed by atoms with Crippen LogP contribution in [0.15, 0.2) is 16.8 Å². The number of ether oxygens (including phenoxy) is 2. The number of methoxy groups -OCH3 is 1. The Balaban J connectivity index is 0.000000376. The Bertz CT molecular complexity index is 1280. The second-order valence-electron chi connectivity index (χ2n) is 8.72. The minimum absolute atomic E-state index is 0.118. The number of alkyl halides is 5. The monoisotopic (exact) mass is 594 g/mol. The second kappa shape index (κ2) is 14.6. The molecule has 4 rings (SSSR count).